The molecule has 1 fully saturated rings. The van der Waals surface area contributed by atoms with E-state index in [1.165, 1.54) is 57.6 Å². The maximum atomic E-state index is 14.5. The molecule has 0 aliphatic heterocycles. The Hall–Kier alpha value is -4.16. The van der Waals surface area contributed by atoms with Crippen LogP contribution in [0.15, 0.2) is 65.6 Å². The number of benzene rings is 3. The van der Waals surface area contributed by atoms with Gasteiger partial charge in [-0.15, -0.1) is 0 Å². The fraction of sp³-hybridized carbons (Fsp3) is 0.412. The van der Waals surface area contributed by atoms with Gasteiger partial charge in [-0.25, -0.2) is 8.42 Å². The van der Waals surface area contributed by atoms with Crippen LogP contribution in [0.1, 0.15) is 44.6 Å². The lowest BCUT2D eigenvalue weighted by atomic mass is 9.95. The first-order valence-corrected chi connectivity index (χ1v) is 17.2. The van der Waals surface area contributed by atoms with Gasteiger partial charge in [-0.2, -0.15) is 0 Å². The highest BCUT2D eigenvalue weighted by atomic mass is 35.5. The van der Waals surface area contributed by atoms with Crippen LogP contribution in [0.5, 0.6) is 23.0 Å². The van der Waals surface area contributed by atoms with Gasteiger partial charge in [-0.1, -0.05) is 49.1 Å². The molecular weight excluding hydrogens is 646 g/mol. The van der Waals surface area contributed by atoms with Gasteiger partial charge in [-0.05, 0) is 55.7 Å². The number of halogens is 1. The monoisotopic (exact) mass is 687 g/mol. The molecule has 0 bridgehead atoms. The summed E-state index contributed by atoms with van der Waals surface area (Å²) in [7, 11) is 1.22. The van der Waals surface area contributed by atoms with Crippen LogP contribution in [-0.4, -0.2) is 72.2 Å². The third kappa shape index (κ3) is 8.41. The molecule has 3 aromatic rings. The minimum Gasteiger partial charge on any atom is -0.497 e. The summed E-state index contributed by atoms with van der Waals surface area (Å²) in [5, 5.41) is 3.50. The largest absolute Gasteiger partial charge is 0.497 e. The van der Waals surface area contributed by atoms with E-state index in [0.29, 0.717) is 22.1 Å². The highest BCUT2D eigenvalue weighted by Gasteiger charge is 2.35. The Morgan fingerprint density at radius 3 is 2.17 bits per heavy atom. The number of hydrogen-bond acceptors (Lipinski definition) is 8. The summed E-state index contributed by atoms with van der Waals surface area (Å²) in [6.07, 6.45) is 4.89. The van der Waals surface area contributed by atoms with Crippen molar-refractivity contribution in [2.45, 2.75) is 62.6 Å². The van der Waals surface area contributed by atoms with Gasteiger partial charge in [0.05, 0.1) is 39.0 Å². The van der Waals surface area contributed by atoms with Gasteiger partial charge in [0.1, 0.15) is 24.1 Å². The summed E-state index contributed by atoms with van der Waals surface area (Å²) in [6.45, 7) is 0.926. The van der Waals surface area contributed by atoms with E-state index < -0.39 is 28.5 Å². The Balaban J connectivity index is 1.79. The number of methoxy groups -OCH3 is 4. The number of sulfonamides is 1. The normalized spacial score (nSPS) is 14.1. The predicted octanol–water partition coefficient (Wildman–Crippen LogP) is 5.44. The van der Waals surface area contributed by atoms with E-state index in [0.717, 1.165) is 36.4 Å². The van der Waals surface area contributed by atoms with Gasteiger partial charge in [0.15, 0.2) is 11.5 Å². The lowest BCUT2D eigenvalue weighted by molar-refractivity contribution is -0.139. The molecule has 0 spiro atoms. The summed E-state index contributed by atoms with van der Waals surface area (Å²) < 4.78 is 51.5. The molecule has 47 heavy (non-hydrogen) atoms. The average Bonchev–Trinajstić information content (AvgIpc) is 3.09. The van der Waals surface area contributed by atoms with Crippen molar-refractivity contribution in [1.82, 2.24) is 10.2 Å². The van der Waals surface area contributed by atoms with Crippen LogP contribution in [-0.2, 0) is 26.2 Å². The zero-order valence-electron chi connectivity index (χ0n) is 27.3. The van der Waals surface area contributed by atoms with Crippen LogP contribution >= 0.6 is 11.6 Å². The SMILES string of the molecule is COc1ccc(OC)c(N(CC(=O)N(Cc2ccccc2Cl)[C@H](C)C(=O)NC2CCCCC2)S(=O)(=O)c2ccc(OC)c(OC)c2)c1. The fourth-order valence-electron chi connectivity index (χ4n) is 5.57. The first-order chi connectivity index (χ1) is 22.5. The van der Waals surface area contributed by atoms with Crippen molar-refractivity contribution in [3.05, 3.63) is 71.2 Å². The van der Waals surface area contributed by atoms with Crippen LogP contribution in [0, 0.1) is 0 Å². The number of nitrogens with zero attached hydrogens (tertiary/aromatic N) is 2. The van der Waals surface area contributed by atoms with Gasteiger partial charge in [0.25, 0.3) is 10.0 Å². The highest BCUT2D eigenvalue weighted by Crippen LogP contribution is 2.38. The number of ether oxygens (including phenoxy) is 4. The third-order valence-corrected chi connectivity index (χ3v) is 10.4. The number of carbonyl (C=O) groups is 2. The number of rotatable bonds is 14. The van der Waals surface area contributed by atoms with Crippen molar-refractivity contribution in [3.63, 3.8) is 0 Å². The zero-order chi connectivity index (χ0) is 34.1. The first kappa shape index (κ1) is 35.7. The second-order valence-corrected chi connectivity index (χ2v) is 13.5. The molecule has 11 nitrogen and oxygen atoms in total. The zero-order valence-corrected chi connectivity index (χ0v) is 28.9. The van der Waals surface area contributed by atoms with Gasteiger partial charge in [0.2, 0.25) is 11.8 Å². The molecule has 1 atom stereocenters. The topological polar surface area (TPSA) is 124 Å². The highest BCUT2D eigenvalue weighted by molar-refractivity contribution is 7.92. The molecule has 0 saturated heterocycles. The Labute approximate surface area is 281 Å². The molecule has 254 valence electrons. The van der Waals surface area contributed by atoms with E-state index in [1.807, 2.05) is 0 Å². The molecule has 0 aromatic heterocycles. The number of anilines is 1. The number of nitrogens with one attached hydrogen (secondary N) is 1. The van der Waals surface area contributed by atoms with E-state index in [9.17, 15) is 18.0 Å². The second kappa shape index (κ2) is 16.1. The minimum absolute atomic E-state index is 0.0129. The van der Waals surface area contributed by atoms with Crippen molar-refractivity contribution in [3.8, 4) is 23.0 Å². The summed E-state index contributed by atoms with van der Waals surface area (Å²) in [6, 6.07) is 14.9. The standard InChI is InChI=1S/C34H42ClN3O8S/c1-23(34(40)36-25-12-7-6-8-13-25)37(21-24-11-9-10-14-28(24)35)33(39)22-38(29-19-26(43-2)15-17-30(29)44-3)47(41,42)27-16-18-31(45-4)32(20-27)46-5/h9-11,14-20,23,25H,6-8,12-13,21-22H2,1-5H3,(H,36,40)/t23-/m1/s1. The van der Waals surface area contributed by atoms with Crippen LogP contribution in [0.3, 0.4) is 0 Å². The van der Waals surface area contributed by atoms with Crippen LogP contribution in [0.25, 0.3) is 0 Å². The molecule has 1 aliphatic rings. The number of amides is 2. The quantitative estimate of drug-likeness (QED) is 0.238. The minimum atomic E-state index is -4.46. The molecule has 1 N–H and O–H groups in total. The number of carbonyl (C=O) groups excluding carboxylic acids is 2. The average molecular weight is 688 g/mol. The van der Waals surface area contributed by atoms with Crippen LogP contribution < -0.4 is 28.6 Å². The summed E-state index contributed by atoms with van der Waals surface area (Å²) >= 11 is 6.50. The molecule has 2 amide bonds. The molecular formula is C34H42ClN3O8S. The maximum Gasteiger partial charge on any atom is 0.265 e. The molecule has 0 heterocycles. The molecule has 13 heteroatoms. The Bertz CT molecular complexity index is 1660. The van der Waals surface area contributed by atoms with Crippen molar-refractivity contribution in [2.75, 3.05) is 39.3 Å². The molecule has 1 aliphatic carbocycles. The van der Waals surface area contributed by atoms with Gasteiger partial charge >= 0.3 is 0 Å². The van der Waals surface area contributed by atoms with Crippen molar-refractivity contribution >= 4 is 39.1 Å². The lowest BCUT2D eigenvalue weighted by Gasteiger charge is -2.33. The molecule has 0 radical (unpaired) electrons. The summed E-state index contributed by atoms with van der Waals surface area (Å²) in [5.41, 5.74) is 0.667. The van der Waals surface area contributed by atoms with Crippen LogP contribution in [0.4, 0.5) is 5.69 Å². The second-order valence-electron chi connectivity index (χ2n) is 11.2. The molecule has 3 aromatic carbocycles. The van der Waals surface area contributed by atoms with E-state index in [-0.39, 0.29) is 40.6 Å². The lowest BCUT2D eigenvalue weighted by Crippen LogP contribution is -2.53. The summed E-state index contributed by atoms with van der Waals surface area (Å²) in [4.78, 5) is 29.2. The third-order valence-electron chi connectivity index (χ3n) is 8.29. The fourth-order valence-corrected chi connectivity index (χ4v) is 7.20. The predicted molar refractivity (Wildman–Crippen MR) is 180 cm³/mol. The smallest absolute Gasteiger partial charge is 0.265 e. The van der Waals surface area contributed by atoms with Crippen molar-refractivity contribution < 1.29 is 37.0 Å². The van der Waals surface area contributed by atoms with E-state index in [1.54, 1.807) is 43.3 Å². The van der Waals surface area contributed by atoms with Crippen LogP contribution in [0.2, 0.25) is 5.02 Å². The maximum absolute atomic E-state index is 14.5. The number of hydrogen-bond donors (Lipinski definition) is 1. The van der Waals surface area contributed by atoms with Gasteiger partial charge in [-0.3, -0.25) is 13.9 Å². The molecule has 1 saturated carbocycles. The van der Waals surface area contributed by atoms with E-state index in [2.05, 4.69) is 5.32 Å². The molecule has 0 unspecified atom stereocenters. The first-order valence-electron chi connectivity index (χ1n) is 15.3. The Kier molecular flexibility index (Phi) is 12.2. The summed E-state index contributed by atoms with van der Waals surface area (Å²) in [5.74, 6) is 0.0792. The molecule has 4 rings (SSSR count). The van der Waals surface area contributed by atoms with Crippen molar-refractivity contribution in [2.24, 2.45) is 0 Å². The Morgan fingerprint density at radius 2 is 1.53 bits per heavy atom. The van der Waals surface area contributed by atoms with Gasteiger partial charge < -0.3 is 29.2 Å². The van der Waals surface area contributed by atoms with Gasteiger partial charge in [0, 0.05) is 29.7 Å². The van der Waals surface area contributed by atoms with E-state index >= 15 is 0 Å². The Morgan fingerprint density at radius 1 is 0.872 bits per heavy atom. The van der Waals surface area contributed by atoms with E-state index in [4.69, 9.17) is 30.5 Å². The van der Waals surface area contributed by atoms with Crippen molar-refractivity contribution in [1.29, 1.82) is 0 Å².